The Morgan fingerprint density at radius 2 is 1.72 bits per heavy atom. The number of piperazine rings is 1. The molecule has 140 valence electrons. The monoisotopic (exact) mass is 368 g/mol. The second kappa shape index (κ2) is 8.78. The van der Waals surface area contributed by atoms with Gasteiger partial charge in [0.15, 0.2) is 0 Å². The molecule has 0 amide bonds. The standard InChI is InChI=1S/C18H28N2O4S/c1-4-24-18(21)16-5-7-17(8-6-16)25(22,23)20-13-11-19(12-14-20)10-9-15(2)3/h5-8,15H,4,9-14H2,1-3H3. The lowest BCUT2D eigenvalue weighted by Gasteiger charge is -2.34. The van der Waals surface area contributed by atoms with Gasteiger partial charge in [-0.05, 0) is 50.1 Å². The van der Waals surface area contributed by atoms with Crippen LogP contribution in [0.3, 0.4) is 0 Å². The van der Waals surface area contributed by atoms with Crippen molar-refractivity contribution in [2.75, 3.05) is 39.3 Å². The minimum absolute atomic E-state index is 0.219. The van der Waals surface area contributed by atoms with E-state index in [0.717, 1.165) is 26.1 Å². The molecule has 0 radical (unpaired) electrons. The molecule has 1 aromatic carbocycles. The van der Waals surface area contributed by atoms with Gasteiger partial charge in [-0.25, -0.2) is 13.2 Å². The number of carbonyl (C=O) groups is 1. The summed E-state index contributed by atoms with van der Waals surface area (Å²) in [4.78, 5) is 14.2. The Hall–Kier alpha value is -1.44. The van der Waals surface area contributed by atoms with Crippen molar-refractivity contribution in [3.05, 3.63) is 29.8 Å². The van der Waals surface area contributed by atoms with Crippen molar-refractivity contribution >= 4 is 16.0 Å². The second-order valence-corrected chi connectivity index (χ2v) is 8.61. The number of benzene rings is 1. The van der Waals surface area contributed by atoms with Crippen molar-refractivity contribution in [3.63, 3.8) is 0 Å². The summed E-state index contributed by atoms with van der Waals surface area (Å²) < 4.78 is 32.0. The van der Waals surface area contributed by atoms with Crippen LogP contribution in [0.15, 0.2) is 29.2 Å². The van der Waals surface area contributed by atoms with E-state index in [1.54, 1.807) is 6.92 Å². The van der Waals surface area contributed by atoms with Crippen LogP contribution in [0.2, 0.25) is 0 Å². The molecular weight excluding hydrogens is 340 g/mol. The average molecular weight is 368 g/mol. The molecular formula is C18H28N2O4S. The molecule has 0 aliphatic carbocycles. The van der Waals surface area contributed by atoms with Crippen LogP contribution in [0, 0.1) is 5.92 Å². The number of ether oxygens (including phenoxy) is 1. The summed E-state index contributed by atoms with van der Waals surface area (Å²) in [5.74, 6) is 0.213. The predicted molar refractivity (Wildman–Crippen MR) is 97.1 cm³/mol. The topological polar surface area (TPSA) is 66.9 Å². The van der Waals surface area contributed by atoms with Crippen molar-refractivity contribution in [1.29, 1.82) is 0 Å². The summed E-state index contributed by atoms with van der Waals surface area (Å²) in [7, 11) is -3.52. The van der Waals surface area contributed by atoms with Gasteiger partial charge in [0, 0.05) is 26.2 Å². The minimum atomic E-state index is -3.52. The number of esters is 1. The first-order chi connectivity index (χ1) is 11.8. The van der Waals surface area contributed by atoms with E-state index in [1.807, 2.05) is 0 Å². The molecule has 0 aromatic heterocycles. The molecule has 7 heteroatoms. The van der Waals surface area contributed by atoms with Crippen LogP contribution in [0.25, 0.3) is 0 Å². The molecule has 0 bridgehead atoms. The molecule has 2 rings (SSSR count). The third kappa shape index (κ3) is 5.26. The van der Waals surface area contributed by atoms with Crippen LogP contribution >= 0.6 is 0 Å². The van der Waals surface area contributed by atoms with Gasteiger partial charge in [0.1, 0.15) is 0 Å². The first-order valence-electron chi connectivity index (χ1n) is 8.84. The van der Waals surface area contributed by atoms with Crippen molar-refractivity contribution < 1.29 is 17.9 Å². The first-order valence-corrected chi connectivity index (χ1v) is 10.3. The Morgan fingerprint density at radius 1 is 1.12 bits per heavy atom. The zero-order valence-corrected chi connectivity index (χ0v) is 16.1. The number of nitrogens with zero attached hydrogens (tertiary/aromatic N) is 2. The van der Waals surface area contributed by atoms with Gasteiger partial charge in [0.25, 0.3) is 0 Å². The van der Waals surface area contributed by atoms with Crippen LogP contribution in [-0.2, 0) is 14.8 Å². The van der Waals surface area contributed by atoms with E-state index in [0.29, 0.717) is 31.2 Å². The van der Waals surface area contributed by atoms with Gasteiger partial charge >= 0.3 is 5.97 Å². The summed E-state index contributed by atoms with van der Waals surface area (Å²) in [6, 6.07) is 5.97. The molecule has 1 aliphatic rings. The van der Waals surface area contributed by atoms with Crippen molar-refractivity contribution in [1.82, 2.24) is 9.21 Å². The van der Waals surface area contributed by atoms with E-state index in [4.69, 9.17) is 4.74 Å². The number of hydrogen-bond acceptors (Lipinski definition) is 5. The summed E-state index contributed by atoms with van der Waals surface area (Å²) in [5, 5.41) is 0. The van der Waals surface area contributed by atoms with E-state index in [2.05, 4.69) is 18.7 Å². The van der Waals surface area contributed by atoms with Gasteiger partial charge in [-0.3, -0.25) is 0 Å². The summed E-state index contributed by atoms with van der Waals surface area (Å²) in [6.07, 6.45) is 1.13. The zero-order valence-electron chi connectivity index (χ0n) is 15.3. The first kappa shape index (κ1) is 19.9. The molecule has 0 saturated carbocycles. The Morgan fingerprint density at radius 3 is 2.24 bits per heavy atom. The van der Waals surface area contributed by atoms with Crippen LogP contribution in [-0.4, -0.2) is 62.9 Å². The van der Waals surface area contributed by atoms with Gasteiger partial charge in [0.2, 0.25) is 10.0 Å². The molecule has 1 aliphatic heterocycles. The number of rotatable bonds is 7. The van der Waals surface area contributed by atoms with E-state index in [9.17, 15) is 13.2 Å². The van der Waals surface area contributed by atoms with Crippen LogP contribution in [0.1, 0.15) is 37.6 Å². The second-order valence-electron chi connectivity index (χ2n) is 6.67. The molecule has 6 nitrogen and oxygen atoms in total. The highest BCUT2D eigenvalue weighted by Gasteiger charge is 2.28. The molecule has 1 saturated heterocycles. The molecule has 0 N–H and O–H groups in total. The van der Waals surface area contributed by atoms with E-state index in [-0.39, 0.29) is 4.90 Å². The molecule has 0 spiro atoms. The maximum absolute atomic E-state index is 12.8. The fourth-order valence-corrected chi connectivity index (χ4v) is 4.18. The lowest BCUT2D eigenvalue weighted by Crippen LogP contribution is -2.48. The quantitative estimate of drug-likeness (QED) is 0.691. The maximum Gasteiger partial charge on any atom is 0.338 e. The van der Waals surface area contributed by atoms with E-state index >= 15 is 0 Å². The number of sulfonamides is 1. The SMILES string of the molecule is CCOC(=O)c1ccc(S(=O)(=O)N2CCN(CCC(C)C)CC2)cc1. The molecule has 1 fully saturated rings. The Balaban J connectivity index is 1.99. The lowest BCUT2D eigenvalue weighted by atomic mass is 10.1. The van der Waals surface area contributed by atoms with Crippen LogP contribution in [0.4, 0.5) is 0 Å². The van der Waals surface area contributed by atoms with Crippen molar-refractivity contribution in [2.45, 2.75) is 32.1 Å². The highest BCUT2D eigenvalue weighted by atomic mass is 32.2. The van der Waals surface area contributed by atoms with E-state index < -0.39 is 16.0 Å². The Kier molecular flexibility index (Phi) is 6.98. The predicted octanol–water partition coefficient (Wildman–Crippen LogP) is 2.22. The van der Waals surface area contributed by atoms with Gasteiger partial charge in [-0.15, -0.1) is 0 Å². The lowest BCUT2D eigenvalue weighted by molar-refractivity contribution is 0.0526. The molecule has 0 atom stereocenters. The maximum atomic E-state index is 12.8. The highest BCUT2D eigenvalue weighted by molar-refractivity contribution is 7.89. The minimum Gasteiger partial charge on any atom is -0.462 e. The summed E-state index contributed by atoms with van der Waals surface area (Å²) >= 11 is 0. The zero-order chi connectivity index (χ0) is 18.4. The Labute approximate surface area is 150 Å². The van der Waals surface area contributed by atoms with Crippen molar-refractivity contribution in [2.24, 2.45) is 5.92 Å². The number of carbonyl (C=O) groups excluding carboxylic acids is 1. The Bertz CT molecular complexity index is 663. The average Bonchev–Trinajstić information content (AvgIpc) is 2.60. The molecule has 1 heterocycles. The fourth-order valence-electron chi connectivity index (χ4n) is 2.76. The molecule has 0 unspecified atom stereocenters. The summed E-state index contributed by atoms with van der Waals surface area (Å²) in [5.41, 5.74) is 0.360. The highest BCUT2D eigenvalue weighted by Crippen LogP contribution is 2.19. The molecule has 25 heavy (non-hydrogen) atoms. The normalized spacial score (nSPS) is 17.0. The van der Waals surface area contributed by atoms with Crippen molar-refractivity contribution in [3.8, 4) is 0 Å². The number of hydrogen-bond donors (Lipinski definition) is 0. The third-order valence-corrected chi connectivity index (χ3v) is 6.27. The summed E-state index contributed by atoms with van der Waals surface area (Å²) in [6.45, 7) is 9.94. The fraction of sp³-hybridized carbons (Fsp3) is 0.611. The van der Waals surface area contributed by atoms with Gasteiger partial charge in [-0.2, -0.15) is 4.31 Å². The largest absolute Gasteiger partial charge is 0.462 e. The van der Waals surface area contributed by atoms with E-state index in [1.165, 1.54) is 28.6 Å². The van der Waals surface area contributed by atoms with Crippen LogP contribution < -0.4 is 0 Å². The molecule has 1 aromatic rings. The van der Waals surface area contributed by atoms with Gasteiger partial charge < -0.3 is 9.64 Å². The van der Waals surface area contributed by atoms with Gasteiger partial charge in [0.05, 0.1) is 17.1 Å². The smallest absolute Gasteiger partial charge is 0.338 e. The van der Waals surface area contributed by atoms with Gasteiger partial charge in [-0.1, -0.05) is 13.8 Å². The van der Waals surface area contributed by atoms with Crippen LogP contribution in [0.5, 0.6) is 0 Å². The third-order valence-electron chi connectivity index (χ3n) is 4.36.